The molecule has 56 valence electrons. The molecule has 0 heterocycles. The fourth-order valence-electron chi connectivity index (χ4n) is 0.203. The van der Waals surface area contributed by atoms with E-state index in [4.69, 9.17) is 0 Å². The van der Waals surface area contributed by atoms with E-state index in [1.165, 1.54) is 13.8 Å². The molecular weight excluding hydrogens is 210 g/mol. The molecule has 0 bridgehead atoms. The number of esters is 1. The minimum atomic E-state index is -0.416. The van der Waals surface area contributed by atoms with Crippen molar-refractivity contribution in [3.63, 3.8) is 0 Å². The molecule has 0 spiro atoms. The summed E-state index contributed by atoms with van der Waals surface area (Å²) in [5, 5.41) is 0. The van der Waals surface area contributed by atoms with Crippen molar-refractivity contribution in [2.24, 2.45) is 0 Å². The van der Waals surface area contributed by atoms with Crippen LogP contribution in [0, 0.1) is 0 Å². The molecule has 0 saturated heterocycles. The molecule has 0 aliphatic carbocycles. The quantitative estimate of drug-likeness (QED) is 0.619. The van der Waals surface area contributed by atoms with Crippen molar-refractivity contribution in [1.82, 2.24) is 0 Å². The molecule has 0 aromatic rings. The second-order valence-electron chi connectivity index (χ2n) is 1.48. The normalized spacial score (nSPS) is 6.60. The van der Waals surface area contributed by atoms with E-state index in [1.807, 2.05) is 0 Å². The van der Waals surface area contributed by atoms with Crippen LogP contribution in [-0.2, 0) is 51.4 Å². The van der Waals surface area contributed by atoms with Gasteiger partial charge in [-0.05, 0) is 6.92 Å². The number of ketones is 1. The van der Waals surface area contributed by atoms with Gasteiger partial charge in [-0.15, -0.1) is 0 Å². The predicted octanol–water partition coefficient (Wildman–Crippen LogP) is 0.134. The van der Waals surface area contributed by atoms with Gasteiger partial charge in [0, 0.05) is 44.0 Å². The van der Waals surface area contributed by atoms with E-state index >= 15 is 0 Å². The Labute approximate surface area is 83.7 Å². The molecule has 0 saturated carbocycles. The van der Waals surface area contributed by atoms with E-state index in [0.717, 1.165) is 0 Å². The second kappa shape index (κ2) is 9.31. The Hall–Kier alpha value is 0.309. The summed E-state index contributed by atoms with van der Waals surface area (Å²) in [6, 6.07) is 0. The van der Waals surface area contributed by atoms with E-state index in [0.29, 0.717) is 0 Å². The SMILES string of the molecule is CC(=O)COC(C)=O.[V].[V]. The number of carbonyl (C=O) groups is 2. The zero-order chi connectivity index (χ0) is 6.57. The Bertz CT molecular complexity index is 99.5. The molecule has 5 heteroatoms. The van der Waals surface area contributed by atoms with E-state index in [-0.39, 0.29) is 49.5 Å². The monoisotopic (exact) mass is 218 g/mol. The molecule has 3 nitrogen and oxygen atoms in total. The summed E-state index contributed by atoms with van der Waals surface area (Å²) in [5.41, 5.74) is 0. The first-order chi connectivity index (χ1) is 3.63. The molecule has 2 radical (unpaired) electrons. The van der Waals surface area contributed by atoms with Gasteiger partial charge in [-0.25, -0.2) is 0 Å². The molecule has 0 aliphatic rings. The third-order valence-electron chi connectivity index (χ3n) is 0.479. The van der Waals surface area contributed by atoms with Crippen LogP contribution in [0.25, 0.3) is 0 Å². The van der Waals surface area contributed by atoms with Gasteiger partial charge < -0.3 is 4.74 Å². The fourth-order valence-corrected chi connectivity index (χ4v) is 0.203. The van der Waals surface area contributed by atoms with Crippen LogP contribution < -0.4 is 0 Å². The van der Waals surface area contributed by atoms with Crippen LogP contribution in [-0.4, -0.2) is 18.4 Å². The Balaban J connectivity index is -0.000000245. The number of hydrogen-bond donors (Lipinski definition) is 0. The molecular formula is C5H8O3V2. The van der Waals surface area contributed by atoms with Gasteiger partial charge in [0.2, 0.25) is 0 Å². The summed E-state index contributed by atoms with van der Waals surface area (Å²) in [6.45, 7) is 2.53. The third-order valence-corrected chi connectivity index (χ3v) is 0.479. The number of rotatable bonds is 2. The predicted molar refractivity (Wildman–Crippen MR) is 27.3 cm³/mol. The first-order valence-corrected chi connectivity index (χ1v) is 2.25. The summed E-state index contributed by atoms with van der Waals surface area (Å²) < 4.78 is 4.31. The standard InChI is InChI=1S/C5H8O3.2V/c1-4(6)3-8-5(2)7;;/h3H2,1-2H3;;. The topological polar surface area (TPSA) is 43.4 Å². The maximum absolute atomic E-state index is 10.1. The van der Waals surface area contributed by atoms with E-state index in [2.05, 4.69) is 4.74 Å². The molecule has 10 heavy (non-hydrogen) atoms. The Kier molecular flexibility index (Phi) is 15.6. The Morgan fingerprint density at radius 1 is 1.20 bits per heavy atom. The largest absolute Gasteiger partial charge is 0.458 e. The van der Waals surface area contributed by atoms with Crippen LogP contribution in [0.3, 0.4) is 0 Å². The first-order valence-electron chi connectivity index (χ1n) is 2.25. The van der Waals surface area contributed by atoms with Crippen LogP contribution in [0.4, 0.5) is 0 Å². The molecule has 0 aliphatic heterocycles. The van der Waals surface area contributed by atoms with Gasteiger partial charge >= 0.3 is 5.97 Å². The fraction of sp³-hybridized carbons (Fsp3) is 0.600. The zero-order valence-electron chi connectivity index (χ0n) is 5.83. The van der Waals surface area contributed by atoms with Crippen LogP contribution >= 0.6 is 0 Å². The smallest absolute Gasteiger partial charge is 0.303 e. The van der Waals surface area contributed by atoms with E-state index in [9.17, 15) is 9.59 Å². The minimum Gasteiger partial charge on any atom is -0.458 e. The van der Waals surface area contributed by atoms with Crippen LogP contribution in [0.2, 0.25) is 0 Å². The van der Waals surface area contributed by atoms with Crippen LogP contribution in [0.5, 0.6) is 0 Å². The average Bonchev–Trinajstić information content (AvgIpc) is 1.61. The Morgan fingerprint density at radius 2 is 1.60 bits per heavy atom. The first kappa shape index (κ1) is 16.7. The number of carbonyl (C=O) groups excluding carboxylic acids is 2. The minimum absolute atomic E-state index is 0. The van der Waals surface area contributed by atoms with Crippen LogP contribution in [0.1, 0.15) is 13.8 Å². The molecule has 0 atom stereocenters. The van der Waals surface area contributed by atoms with Gasteiger partial charge in [0.05, 0.1) is 0 Å². The maximum Gasteiger partial charge on any atom is 0.303 e. The molecule has 0 aromatic carbocycles. The molecule has 0 fully saturated rings. The number of Topliss-reactive ketones (excluding diaryl/α,β-unsaturated/α-hetero) is 1. The van der Waals surface area contributed by atoms with Gasteiger partial charge in [-0.1, -0.05) is 0 Å². The van der Waals surface area contributed by atoms with E-state index in [1.54, 1.807) is 0 Å². The van der Waals surface area contributed by atoms with Crippen molar-refractivity contribution in [2.45, 2.75) is 13.8 Å². The number of hydrogen-bond acceptors (Lipinski definition) is 3. The second-order valence-corrected chi connectivity index (χ2v) is 1.48. The molecule has 0 aromatic heterocycles. The molecule has 0 rings (SSSR count). The zero-order valence-corrected chi connectivity index (χ0v) is 8.62. The van der Waals surface area contributed by atoms with Gasteiger partial charge in [0.25, 0.3) is 0 Å². The van der Waals surface area contributed by atoms with Gasteiger partial charge in [-0.2, -0.15) is 0 Å². The summed E-state index contributed by atoms with van der Waals surface area (Å²) in [6.07, 6.45) is 0. The summed E-state index contributed by atoms with van der Waals surface area (Å²) >= 11 is 0. The average molecular weight is 218 g/mol. The van der Waals surface area contributed by atoms with Gasteiger partial charge in [0.1, 0.15) is 6.61 Å². The molecule has 0 N–H and O–H groups in total. The van der Waals surface area contributed by atoms with Crippen molar-refractivity contribution < 1.29 is 51.4 Å². The summed E-state index contributed by atoms with van der Waals surface area (Å²) in [7, 11) is 0. The van der Waals surface area contributed by atoms with E-state index < -0.39 is 5.97 Å². The maximum atomic E-state index is 10.1. The number of ether oxygens (including phenoxy) is 1. The Morgan fingerprint density at radius 3 is 1.70 bits per heavy atom. The molecule has 0 amide bonds. The third kappa shape index (κ3) is 15.7. The van der Waals surface area contributed by atoms with Crippen molar-refractivity contribution in [1.29, 1.82) is 0 Å². The summed E-state index contributed by atoms with van der Waals surface area (Å²) in [5.74, 6) is -0.555. The van der Waals surface area contributed by atoms with Gasteiger partial charge in [-0.3, -0.25) is 9.59 Å². The van der Waals surface area contributed by atoms with Crippen molar-refractivity contribution in [3.05, 3.63) is 0 Å². The van der Waals surface area contributed by atoms with Crippen LogP contribution in [0.15, 0.2) is 0 Å². The van der Waals surface area contributed by atoms with Crippen molar-refractivity contribution >= 4 is 11.8 Å². The van der Waals surface area contributed by atoms with Crippen molar-refractivity contribution in [2.75, 3.05) is 6.61 Å². The van der Waals surface area contributed by atoms with Gasteiger partial charge in [0.15, 0.2) is 5.78 Å². The molecule has 0 unspecified atom stereocenters. The summed E-state index contributed by atoms with van der Waals surface area (Å²) in [4.78, 5) is 20.0. The van der Waals surface area contributed by atoms with Crippen molar-refractivity contribution in [3.8, 4) is 0 Å².